The van der Waals surface area contributed by atoms with E-state index in [9.17, 15) is 68.6 Å². The van der Waals surface area contributed by atoms with Crippen molar-refractivity contribution >= 4 is 91.3 Å². The van der Waals surface area contributed by atoms with Crippen LogP contribution < -0.4 is 54.0 Å². The Bertz CT molecular complexity index is 3150. The van der Waals surface area contributed by atoms with Crippen LogP contribution in [0.2, 0.25) is 0 Å². The number of hydrogen-bond donors (Lipinski definition) is 14. The molecule has 0 spiro atoms. The first-order valence-corrected chi connectivity index (χ1v) is 29.2. The van der Waals surface area contributed by atoms with Gasteiger partial charge in [0, 0.05) is 73.3 Å². The Morgan fingerprint density at radius 2 is 1.25 bits per heavy atom. The van der Waals surface area contributed by atoms with E-state index < -0.39 is 113 Å². The molecule has 0 radical (unpaired) electrons. The van der Waals surface area contributed by atoms with Crippen LogP contribution in [0.3, 0.4) is 0 Å². The molecule has 6 rings (SSSR count). The Morgan fingerprint density at radius 3 is 1.86 bits per heavy atom. The van der Waals surface area contributed by atoms with Crippen molar-refractivity contribution in [3.8, 4) is 11.5 Å². The predicted molar refractivity (Wildman–Crippen MR) is 312 cm³/mol. The highest BCUT2D eigenvalue weighted by Crippen LogP contribution is 2.25. The second kappa shape index (κ2) is 31.1. The van der Waals surface area contributed by atoms with Crippen LogP contribution >= 0.6 is 21.6 Å². The van der Waals surface area contributed by atoms with E-state index >= 15 is 0 Å². The number of aliphatic hydroxyl groups is 1. The summed E-state index contributed by atoms with van der Waals surface area (Å²) in [6.07, 6.45) is -0.147. The van der Waals surface area contributed by atoms with E-state index in [0.717, 1.165) is 28.5 Å². The van der Waals surface area contributed by atoms with Crippen molar-refractivity contribution in [3.63, 3.8) is 0 Å². The highest BCUT2D eigenvalue weighted by molar-refractivity contribution is 8.76. The first-order chi connectivity index (χ1) is 40.1. The minimum atomic E-state index is -1.78. The van der Waals surface area contributed by atoms with Gasteiger partial charge in [0.05, 0.1) is 11.0 Å². The van der Waals surface area contributed by atoms with Crippen molar-refractivity contribution < 1.29 is 63.4 Å². The fourth-order valence-corrected chi connectivity index (χ4v) is 11.3. The standard InChI is InChI=1S/C56H68N12O14S2/c1-30(69)48-56(80)66-47(54(78)62-42(49(58)73)23-33-12-18-37(71)19-13-33)29-84-83-28-46(65-51(75)43(60-31(2)70)24-32-10-16-36(17-11-32)68(81)82)55(79)63-44(25-34-14-20-38(72)21-15-34)52(76)64-45(26-35-27-59-40-8-4-3-7-39(35)40)53(77)61-41(50(74)67-48)9-5-6-22-57/h3-4,7-8,10-21,27,30,41-48,59,69,71-72H,5-6,9,22-26,28-29,57H2,1-2H3,(H2,58,73)(H,60,70)(H,61,77)(H,62,78)(H,63,79)(H,64,76)(H,65,75)(H,66,80)(H,67,74)/t30-,41+,42-,43+,44+,45?,46?,47?,48+/m1/s1. The van der Waals surface area contributed by atoms with E-state index in [1.165, 1.54) is 79.7 Å². The maximum atomic E-state index is 14.9. The number of phenolic OH excluding ortho intramolecular Hbond substituents is 2. The van der Waals surface area contributed by atoms with Crippen molar-refractivity contribution in [2.75, 3.05) is 18.1 Å². The SMILES string of the molecule is CC(=O)N[C@@H](Cc1ccc([N+](=O)[O-])cc1)C(=O)NC1CSSCC(C(=O)N[C@H](Cc2ccc(O)cc2)C(N)=O)NC(=O)[C@H]([C@@H](C)O)NC(=O)[C@H](CCCCN)NC(=O)C(Cc2c[nH]c3ccccc23)NC(=O)[C@H](Cc2ccc(O)cc2)NC1=O. The molecule has 0 bridgehead atoms. The number of unbranched alkanes of at least 4 members (excludes halogenated alkanes) is 1. The van der Waals surface area contributed by atoms with Crippen molar-refractivity contribution in [2.45, 2.75) is 113 Å². The van der Waals surface area contributed by atoms with Gasteiger partial charge in [0.15, 0.2) is 0 Å². The fourth-order valence-electron chi connectivity index (χ4n) is 8.98. The minimum absolute atomic E-state index is 0.0472. The molecule has 0 aliphatic carbocycles. The molecular weight excluding hydrogens is 1130 g/mol. The summed E-state index contributed by atoms with van der Waals surface area (Å²) in [6, 6.07) is 11.7. The summed E-state index contributed by atoms with van der Waals surface area (Å²) in [4.78, 5) is 141. The van der Waals surface area contributed by atoms with Gasteiger partial charge in [0.25, 0.3) is 5.69 Å². The van der Waals surface area contributed by atoms with Gasteiger partial charge in [0.2, 0.25) is 53.2 Å². The largest absolute Gasteiger partial charge is 0.508 e. The van der Waals surface area contributed by atoms with Gasteiger partial charge in [-0.2, -0.15) is 0 Å². The van der Waals surface area contributed by atoms with Crippen LogP contribution in [0.25, 0.3) is 10.9 Å². The average Bonchev–Trinajstić information content (AvgIpc) is 3.90. The number of nitro groups is 1. The Balaban J connectivity index is 1.42. The van der Waals surface area contributed by atoms with E-state index in [0.29, 0.717) is 39.6 Å². The van der Waals surface area contributed by atoms with Crippen molar-refractivity contribution in [1.29, 1.82) is 0 Å². The number of aliphatic hydroxyl groups excluding tert-OH is 1. The van der Waals surface area contributed by atoms with Crippen molar-refractivity contribution in [2.24, 2.45) is 11.5 Å². The monoisotopic (exact) mass is 1200 g/mol. The van der Waals surface area contributed by atoms with Gasteiger partial charge in [-0.25, -0.2) is 0 Å². The van der Waals surface area contributed by atoms with Crippen molar-refractivity contribution in [3.05, 3.63) is 136 Å². The number of para-hydroxylation sites is 1. The topological polar surface area (TPSA) is 422 Å². The molecule has 1 aliphatic heterocycles. The van der Waals surface area contributed by atoms with Gasteiger partial charge in [-0.3, -0.25) is 53.3 Å². The molecule has 9 amide bonds. The normalized spacial score (nSPS) is 20.5. The zero-order valence-corrected chi connectivity index (χ0v) is 47.5. The number of primary amides is 1. The van der Waals surface area contributed by atoms with Crippen LogP contribution in [-0.2, 0) is 68.8 Å². The summed E-state index contributed by atoms with van der Waals surface area (Å²) in [5.74, 6) is -9.11. The number of non-ortho nitro benzene ring substituents is 1. The molecule has 2 heterocycles. The van der Waals surface area contributed by atoms with Crippen LogP contribution in [0.1, 0.15) is 55.4 Å². The number of nitro benzene ring substituents is 1. The number of carbonyl (C=O) groups excluding carboxylic acids is 9. The lowest BCUT2D eigenvalue weighted by atomic mass is 10.0. The maximum absolute atomic E-state index is 14.9. The third-order valence-corrected chi connectivity index (χ3v) is 15.9. The maximum Gasteiger partial charge on any atom is 0.269 e. The van der Waals surface area contributed by atoms with Gasteiger partial charge < -0.3 is 74.3 Å². The summed E-state index contributed by atoms with van der Waals surface area (Å²) < 4.78 is 0. The molecule has 1 fully saturated rings. The van der Waals surface area contributed by atoms with Gasteiger partial charge in [0.1, 0.15) is 59.8 Å². The highest BCUT2D eigenvalue weighted by Gasteiger charge is 2.37. The first kappa shape index (κ1) is 64.4. The lowest BCUT2D eigenvalue weighted by Crippen LogP contribution is -2.62. The number of carbonyl (C=O) groups is 9. The van der Waals surface area contributed by atoms with Crippen LogP contribution in [0.4, 0.5) is 5.69 Å². The second-order valence-electron chi connectivity index (χ2n) is 20.0. The molecule has 1 aromatic heterocycles. The molecular formula is C56H68N12O14S2. The molecule has 16 N–H and O–H groups in total. The molecule has 84 heavy (non-hydrogen) atoms. The number of hydrogen-bond acceptors (Lipinski definition) is 17. The van der Waals surface area contributed by atoms with Gasteiger partial charge in [-0.1, -0.05) is 76.2 Å². The van der Waals surface area contributed by atoms with Crippen LogP contribution in [0.15, 0.2) is 103 Å². The summed E-state index contributed by atoms with van der Waals surface area (Å²) in [5.41, 5.74) is 13.9. The molecule has 1 saturated heterocycles. The first-order valence-electron chi connectivity index (χ1n) is 26.7. The van der Waals surface area contributed by atoms with E-state index in [4.69, 9.17) is 11.5 Å². The van der Waals surface area contributed by atoms with Crippen LogP contribution in [0, 0.1) is 10.1 Å². The lowest BCUT2D eigenvalue weighted by molar-refractivity contribution is -0.384. The fraction of sp³-hybridized carbons (Fsp3) is 0.375. The Kier molecular flexibility index (Phi) is 23.8. The molecule has 26 nitrogen and oxygen atoms in total. The summed E-state index contributed by atoms with van der Waals surface area (Å²) >= 11 is 0. The quantitative estimate of drug-likeness (QED) is 0.0212. The number of H-pyrrole nitrogens is 1. The number of nitrogens with two attached hydrogens (primary N) is 2. The molecule has 448 valence electrons. The number of aromatic amines is 1. The van der Waals surface area contributed by atoms with Crippen LogP contribution in [0.5, 0.6) is 11.5 Å². The molecule has 0 saturated carbocycles. The zero-order valence-electron chi connectivity index (χ0n) is 45.8. The van der Waals surface area contributed by atoms with Crippen molar-refractivity contribution in [1.82, 2.24) is 47.5 Å². The van der Waals surface area contributed by atoms with E-state index in [2.05, 4.69) is 47.5 Å². The molecule has 5 aromatic rings. The molecule has 4 aromatic carbocycles. The lowest BCUT2D eigenvalue weighted by Gasteiger charge is -2.29. The van der Waals surface area contributed by atoms with Gasteiger partial charge in [-0.05, 0) is 85.3 Å². The Morgan fingerprint density at radius 1 is 0.690 bits per heavy atom. The molecule has 28 heteroatoms. The highest BCUT2D eigenvalue weighted by atomic mass is 33.1. The zero-order chi connectivity index (χ0) is 61.0. The molecule has 1 aliphatic rings. The van der Waals surface area contributed by atoms with Gasteiger partial charge >= 0.3 is 0 Å². The number of aromatic nitrogens is 1. The van der Waals surface area contributed by atoms with E-state index in [1.54, 1.807) is 30.5 Å². The Hall–Kier alpha value is -8.73. The number of nitrogens with zero attached hydrogens (tertiary/aromatic N) is 1. The number of nitrogens with one attached hydrogen (secondary N) is 9. The second-order valence-corrected chi connectivity index (χ2v) is 22.6. The minimum Gasteiger partial charge on any atom is -0.508 e. The van der Waals surface area contributed by atoms with Crippen LogP contribution in [-0.4, -0.2) is 151 Å². The molecule has 3 unspecified atom stereocenters. The number of fused-ring (bicyclic) bond motifs is 1. The number of phenols is 2. The predicted octanol–water partition coefficient (Wildman–Crippen LogP) is 0.0463. The number of amides is 9. The number of aromatic hydroxyl groups is 2. The van der Waals surface area contributed by atoms with E-state index in [1.807, 2.05) is 0 Å². The van der Waals surface area contributed by atoms with E-state index in [-0.39, 0.29) is 73.8 Å². The smallest absolute Gasteiger partial charge is 0.269 e. The summed E-state index contributed by atoms with van der Waals surface area (Å²) in [7, 11) is 1.80. The average molecular weight is 1200 g/mol. The van der Waals surface area contributed by atoms with Gasteiger partial charge in [-0.15, -0.1) is 0 Å². The third kappa shape index (κ3) is 19.2. The number of rotatable bonds is 20. The Labute approximate surface area is 490 Å². The molecule has 9 atom stereocenters. The summed E-state index contributed by atoms with van der Waals surface area (Å²) in [6.45, 7) is 2.56. The number of benzene rings is 4. The summed E-state index contributed by atoms with van der Waals surface area (Å²) in [5, 5.41) is 64.1. The third-order valence-electron chi connectivity index (χ3n) is 13.5.